The molecule has 0 aliphatic heterocycles. The van der Waals surface area contributed by atoms with Crippen LogP contribution in [-0.2, 0) is 16.4 Å². The van der Waals surface area contributed by atoms with Gasteiger partial charge in [0.2, 0.25) is 10.0 Å². The molecule has 0 spiro atoms. The van der Waals surface area contributed by atoms with Crippen LogP contribution in [0.15, 0.2) is 16.3 Å². The minimum Gasteiger partial charge on any atom is -0.330 e. The second kappa shape index (κ2) is 7.26. The molecule has 1 aromatic rings. The van der Waals surface area contributed by atoms with Gasteiger partial charge >= 0.3 is 0 Å². The van der Waals surface area contributed by atoms with Crippen LogP contribution in [0, 0.1) is 0 Å². The molecule has 0 radical (unpaired) electrons. The molecule has 1 aliphatic carbocycles. The Morgan fingerprint density at radius 1 is 1.35 bits per heavy atom. The SMILES string of the molecule is CSC1CCC(NS(=O)(=O)c2ccc(CCN)s2)CC1. The van der Waals surface area contributed by atoms with E-state index in [1.54, 1.807) is 6.07 Å². The van der Waals surface area contributed by atoms with Gasteiger partial charge in [0.15, 0.2) is 0 Å². The van der Waals surface area contributed by atoms with Gasteiger partial charge < -0.3 is 5.73 Å². The van der Waals surface area contributed by atoms with Crippen molar-refractivity contribution in [3.63, 3.8) is 0 Å². The first kappa shape index (κ1) is 16.3. The van der Waals surface area contributed by atoms with Crippen LogP contribution in [0.25, 0.3) is 0 Å². The number of thiophene rings is 1. The molecule has 20 heavy (non-hydrogen) atoms. The fraction of sp³-hybridized carbons (Fsp3) is 0.692. The van der Waals surface area contributed by atoms with Gasteiger partial charge in [0.1, 0.15) is 4.21 Å². The van der Waals surface area contributed by atoms with E-state index in [4.69, 9.17) is 5.73 Å². The summed E-state index contributed by atoms with van der Waals surface area (Å²) in [4.78, 5) is 1.03. The van der Waals surface area contributed by atoms with Crippen LogP contribution in [0.2, 0.25) is 0 Å². The van der Waals surface area contributed by atoms with E-state index in [0.29, 0.717) is 16.0 Å². The number of nitrogens with one attached hydrogen (secondary N) is 1. The minimum absolute atomic E-state index is 0.0865. The molecule has 1 aromatic heterocycles. The van der Waals surface area contributed by atoms with Gasteiger partial charge in [-0.1, -0.05) is 0 Å². The second-order valence-corrected chi connectivity index (χ2v) is 9.34. The van der Waals surface area contributed by atoms with Gasteiger partial charge in [-0.2, -0.15) is 11.8 Å². The zero-order valence-corrected chi connectivity index (χ0v) is 14.1. The second-order valence-electron chi connectivity index (χ2n) is 5.09. The third-order valence-electron chi connectivity index (χ3n) is 3.62. The van der Waals surface area contributed by atoms with Crippen molar-refractivity contribution in [1.82, 2.24) is 4.72 Å². The molecule has 1 fully saturated rings. The zero-order valence-electron chi connectivity index (χ0n) is 11.7. The van der Waals surface area contributed by atoms with Gasteiger partial charge in [0, 0.05) is 16.2 Å². The number of sulfonamides is 1. The first-order valence-corrected chi connectivity index (χ1v) is 10.5. The van der Waals surface area contributed by atoms with Gasteiger partial charge in [-0.25, -0.2) is 13.1 Å². The first-order valence-electron chi connectivity index (χ1n) is 6.89. The average molecular weight is 335 g/mol. The highest BCUT2D eigenvalue weighted by molar-refractivity contribution is 7.99. The van der Waals surface area contributed by atoms with Crippen molar-refractivity contribution in [1.29, 1.82) is 0 Å². The molecule has 0 saturated heterocycles. The number of hydrogen-bond donors (Lipinski definition) is 2. The monoisotopic (exact) mass is 334 g/mol. The van der Waals surface area contributed by atoms with E-state index in [9.17, 15) is 8.42 Å². The summed E-state index contributed by atoms with van der Waals surface area (Å²) < 4.78 is 27.9. The zero-order chi connectivity index (χ0) is 14.6. The topological polar surface area (TPSA) is 72.2 Å². The highest BCUT2D eigenvalue weighted by Crippen LogP contribution is 2.28. The maximum absolute atomic E-state index is 12.3. The molecular weight excluding hydrogens is 312 g/mol. The summed E-state index contributed by atoms with van der Waals surface area (Å²) in [6.45, 7) is 0.548. The van der Waals surface area contributed by atoms with Crippen molar-refractivity contribution >= 4 is 33.1 Å². The summed E-state index contributed by atoms with van der Waals surface area (Å²) in [5.74, 6) is 0. The van der Waals surface area contributed by atoms with Crippen LogP contribution in [0.4, 0.5) is 0 Å². The molecule has 1 heterocycles. The molecule has 4 nitrogen and oxygen atoms in total. The Bertz CT molecular complexity index is 519. The predicted octanol–water partition coefficient (Wildman–Crippen LogP) is 2.20. The van der Waals surface area contributed by atoms with E-state index in [0.717, 1.165) is 37.0 Å². The van der Waals surface area contributed by atoms with Crippen LogP contribution in [0.3, 0.4) is 0 Å². The smallest absolute Gasteiger partial charge is 0.250 e. The number of thioether (sulfide) groups is 1. The maximum atomic E-state index is 12.3. The summed E-state index contributed by atoms with van der Waals surface area (Å²) in [5.41, 5.74) is 5.49. The molecule has 3 N–H and O–H groups in total. The fourth-order valence-electron chi connectivity index (χ4n) is 2.47. The summed E-state index contributed by atoms with van der Waals surface area (Å²) in [7, 11) is -3.36. The fourth-order valence-corrected chi connectivity index (χ4v) is 5.91. The quantitative estimate of drug-likeness (QED) is 0.836. The van der Waals surface area contributed by atoms with Gasteiger partial charge in [-0.15, -0.1) is 11.3 Å². The highest BCUT2D eigenvalue weighted by Gasteiger charge is 2.26. The third-order valence-corrected chi connectivity index (χ3v) is 7.92. The molecular formula is C13H22N2O2S3. The maximum Gasteiger partial charge on any atom is 0.250 e. The molecule has 0 bridgehead atoms. The van der Waals surface area contributed by atoms with Crippen LogP contribution >= 0.6 is 23.1 Å². The Labute approximate surface area is 129 Å². The summed E-state index contributed by atoms with van der Waals surface area (Å²) in [6.07, 6.45) is 6.92. The summed E-state index contributed by atoms with van der Waals surface area (Å²) in [5, 5.41) is 0.689. The largest absolute Gasteiger partial charge is 0.330 e. The van der Waals surface area contributed by atoms with Gasteiger partial charge in [0.25, 0.3) is 0 Å². The summed E-state index contributed by atoms with van der Waals surface area (Å²) >= 11 is 3.21. The number of nitrogens with two attached hydrogens (primary N) is 1. The molecule has 1 aliphatic rings. The molecule has 2 rings (SSSR count). The molecule has 0 atom stereocenters. The average Bonchev–Trinajstić information content (AvgIpc) is 2.89. The molecule has 7 heteroatoms. The molecule has 0 amide bonds. The van der Waals surface area contributed by atoms with E-state index < -0.39 is 10.0 Å². The molecule has 0 unspecified atom stereocenters. The van der Waals surface area contributed by atoms with Crippen molar-refractivity contribution in [2.75, 3.05) is 12.8 Å². The number of rotatable bonds is 6. The van der Waals surface area contributed by atoms with E-state index in [-0.39, 0.29) is 6.04 Å². The normalized spacial score (nSPS) is 23.9. The van der Waals surface area contributed by atoms with Crippen molar-refractivity contribution in [2.45, 2.75) is 47.6 Å². The Kier molecular flexibility index (Phi) is 5.92. The Balaban J connectivity index is 1.96. The van der Waals surface area contributed by atoms with Crippen LogP contribution < -0.4 is 10.5 Å². The van der Waals surface area contributed by atoms with E-state index in [1.807, 2.05) is 17.8 Å². The lowest BCUT2D eigenvalue weighted by atomic mass is 9.96. The van der Waals surface area contributed by atoms with E-state index in [2.05, 4.69) is 11.0 Å². The third kappa shape index (κ3) is 4.21. The Morgan fingerprint density at radius 2 is 2.05 bits per heavy atom. The predicted molar refractivity (Wildman–Crippen MR) is 87.0 cm³/mol. The van der Waals surface area contributed by atoms with Crippen LogP contribution in [-0.4, -0.2) is 32.5 Å². The first-order chi connectivity index (χ1) is 9.55. The van der Waals surface area contributed by atoms with Crippen molar-refractivity contribution < 1.29 is 8.42 Å². The summed E-state index contributed by atoms with van der Waals surface area (Å²) in [6, 6.07) is 3.63. The van der Waals surface area contributed by atoms with Crippen molar-refractivity contribution in [2.24, 2.45) is 5.73 Å². The van der Waals surface area contributed by atoms with Crippen LogP contribution in [0.1, 0.15) is 30.6 Å². The van der Waals surface area contributed by atoms with Gasteiger partial charge in [0.05, 0.1) is 0 Å². The number of hydrogen-bond acceptors (Lipinski definition) is 5. The van der Waals surface area contributed by atoms with E-state index >= 15 is 0 Å². The van der Waals surface area contributed by atoms with Crippen molar-refractivity contribution in [3.05, 3.63) is 17.0 Å². The van der Waals surface area contributed by atoms with E-state index in [1.165, 1.54) is 11.3 Å². The lowest BCUT2D eigenvalue weighted by Crippen LogP contribution is -2.37. The molecule has 1 saturated carbocycles. The van der Waals surface area contributed by atoms with Gasteiger partial charge in [-0.3, -0.25) is 0 Å². The highest BCUT2D eigenvalue weighted by atomic mass is 32.2. The van der Waals surface area contributed by atoms with Crippen LogP contribution in [0.5, 0.6) is 0 Å². The lowest BCUT2D eigenvalue weighted by molar-refractivity contribution is 0.420. The van der Waals surface area contributed by atoms with Crippen molar-refractivity contribution in [3.8, 4) is 0 Å². The molecule has 114 valence electrons. The lowest BCUT2D eigenvalue weighted by Gasteiger charge is -2.27. The Hall–Kier alpha value is -0.0800. The Morgan fingerprint density at radius 3 is 2.65 bits per heavy atom. The molecule has 0 aromatic carbocycles. The minimum atomic E-state index is -3.36. The van der Waals surface area contributed by atoms with Gasteiger partial charge in [-0.05, 0) is 57.0 Å². The standard InChI is InChI=1S/C13H22N2O2S3/c1-18-11-4-2-10(3-5-11)15-20(16,17)13-7-6-12(19-13)8-9-14/h6-7,10-11,15H,2-5,8-9,14H2,1H3.